The van der Waals surface area contributed by atoms with Crippen LogP contribution in [0.5, 0.6) is 0 Å². The lowest BCUT2D eigenvalue weighted by atomic mass is 9.95. The van der Waals surface area contributed by atoms with Gasteiger partial charge in [0, 0.05) is 10.6 Å². The van der Waals surface area contributed by atoms with Gasteiger partial charge in [-0.1, -0.05) is 48.5 Å². The highest BCUT2D eigenvalue weighted by atomic mass is 32.1. The molecular weight excluding hydrogens is 354 g/mol. The summed E-state index contributed by atoms with van der Waals surface area (Å²) in [6, 6.07) is 23.2. The molecule has 1 aromatic heterocycles. The van der Waals surface area contributed by atoms with E-state index in [-0.39, 0.29) is 17.6 Å². The van der Waals surface area contributed by atoms with Gasteiger partial charge in [0.15, 0.2) is 0 Å². The SMILES string of the molecule is CCOC(=O)c1cc(C)c(C2N(c3ccccc3)C2(C)c2ccccc2)s1. The lowest BCUT2D eigenvalue weighted by Crippen LogP contribution is -2.10. The number of rotatable bonds is 5. The van der Waals surface area contributed by atoms with E-state index in [0.717, 1.165) is 5.56 Å². The molecule has 0 bridgehead atoms. The molecule has 1 aliphatic heterocycles. The minimum atomic E-state index is -0.231. The van der Waals surface area contributed by atoms with Gasteiger partial charge in [0.25, 0.3) is 0 Å². The lowest BCUT2D eigenvalue weighted by Gasteiger charge is -2.13. The predicted molar refractivity (Wildman–Crippen MR) is 110 cm³/mol. The second-order valence-electron chi connectivity index (χ2n) is 7.00. The molecule has 2 atom stereocenters. The van der Waals surface area contributed by atoms with E-state index in [1.807, 2.05) is 25.1 Å². The number of carbonyl (C=O) groups is 1. The molecule has 2 aromatic carbocycles. The molecule has 0 aliphatic carbocycles. The summed E-state index contributed by atoms with van der Waals surface area (Å²) in [6.07, 6.45) is 0. The van der Waals surface area contributed by atoms with E-state index in [4.69, 9.17) is 4.74 Å². The molecule has 2 unspecified atom stereocenters. The Morgan fingerprint density at radius 3 is 2.37 bits per heavy atom. The molecule has 1 saturated heterocycles. The smallest absolute Gasteiger partial charge is 0.348 e. The minimum absolute atomic E-state index is 0.135. The molecule has 4 rings (SSSR count). The number of anilines is 1. The molecule has 3 nitrogen and oxygen atoms in total. The monoisotopic (exact) mass is 377 g/mol. The van der Waals surface area contributed by atoms with Gasteiger partial charge in [-0.2, -0.15) is 0 Å². The molecular formula is C23H23NO2S. The Morgan fingerprint density at radius 2 is 1.74 bits per heavy atom. The summed E-state index contributed by atoms with van der Waals surface area (Å²) in [7, 11) is 0. The van der Waals surface area contributed by atoms with Crippen LogP contribution >= 0.6 is 11.3 Å². The van der Waals surface area contributed by atoms with E-state index in [1.165, 1.54) is 16.1 Å². The Bertz CT molecular complexity index is 951. The summed E-state index contributed by atoms with van der Waals surface area (Å²) in [4.78, 5) is 16.6. The maximum absolute atomic E-state index is 12.2. The Morgan fingerprint density at radius 1 is 1.11 bits per heavy atom. The van der Waals surface area contributed by atoms with Gasteiger partial charge in [-0.25, -0.2) is 4.79 Å². The van der Waals surface area contributed by atoms with Crippen molar-refractivity contribution in [1.29, 1.82) is 0 Å². The van der Waals surface area contributed by atoms with Gasteiger partial charge in [0.05, 0.1) is 18.2 Å². The number of esters is 1. The number of thiophene rings is 1. The fraction of sp³-hybridized carbons (Fsp3) is 0.261. The highest BCUT2D eigenvalue weighted by molar-refractivity contribution is 7.14. The van der Waals surface area contributed by atoms with Crippen LogP contribution < -0.4 is 4.90 Å². The molecule has 2 heterocycles. The molecule has 0 radical (unpaired) electrons. The minimum Gasteiger partial charge on any atom is -0.462 e. The second kappa shape index (κ2) is 6.86. The number of aryl methyl sites for hydroxylation is 1. The van der Waals surface area contributed by atoms with Crippen molar-refractivity contribution in [3.8, 4) is 0 Å². The van der Waals surface area contributed by atoms with Gasteiger partial charge >= 0.3 is 5.97 Å². The third kappa shape index (κ3) is 2.94. The average Bonchev–Trinajstić information content (AvgIpc) is 3.14. The van der Waals surface area contributed by atoms with Gasteiger partial charge < -0.3 is 9.64 Å². The second-order valence-corrected chi connectivity index (χ2v) is 8.08. The van der Waals surface area contributed by atoms with Crippen LogP contribution in [-0.4, -0.2) is 12.6 Å². The van der Waals surface area contributed by atoms with Gasteiger partial charge in [-0.05, 0) is 50.1 Å². The maximum atomic E-state index is 12.2. The van der Waals surface area contributed by atoms with Crippen molar-refractivity contribution in [2.45, 2.75) is 32.4 Å². The summed E-state index contributed by atoms with van der Waals surface area (Å²) >= 11 is 1.56. The first kappa shape index (κ1) is 17.8. The summed E-state index contributed by atoms with van der Waals surface area (Å²) in [5.74, 6) is -0.231. The van der Waals surface area contributed by atoms with Crippen molar-refractivity contribution in [1.82, 2.24) is 0 Å². The van der Waals surface area contributed by atoms with Crippen LogP contribution in [0.2, 0.25) is 0 Å². The molecule has 4 heteroatoms. The van der Waals surface area contributed by atoms with E-state index < -0.39 is 0 Å². The van der Waals surface area contributed by atoms with Crippen molar-refractivity contribution in [2.24, 2.45) is 0 Å². The summed E-state index contributed by atoms with van der Waals surface area (Å²) in [5, 5.41) is 0. The van der Waals surface area contributed by atoms with Gasteiger partial charge in [-0.3, -0.25) is 0 Å². The largest absolute Gasteiger partial charge is 0.462 e. The molecule has 1 aliphatic rings. The Labute approximate surface area is 164 Å². The van der Waals surface area contributed by atoms with E-state index >= 15 is 0 Å². The first-order valence-electron chi connectivity index (χ1n) is 9.24. The number of nitrogens with zero attached hydrogens (tertiary/aromatic N) is 1. The predicted octanol–water partition coefficient (Wildman–Crippen LogP) is 5.71. The maximum Gasteiger partial charge on any atom is 0.348 e. The van der Waals surface area contributed by atoms with E-state index in [0.29, 0.717) is 11.5 Å². The summed E-state index contributed by atoms with van der Waals surface area (Å²) in [5.41, 5.74) is 3.49. The van der Waals surface area contributed by atoms with E-state index in [1.54, 1.807) is 11.3 Å². The van der Waals surface area contributed by atoms with Crippen molar-refractivity contribution in [3.63, 3.8) is 0 Å². The first-order chi connectivity index (χ1) is 13.1. The van der Waals surface area contributed by atoms with Crippen LogP contribution in [0.25, 0.3) is 0 Å². The number of benzene rings is 2. The standard InChI is InChI=1S/C23H23NO2S/c1-4-26-22(25)19-15-16(2)20(27-19)21-23(3,17-11-7-5-8-12-17)24(21)18-13-9-6-10-14-18/h5-15,21H,4H2,1-3H3. The van der Waals surface area contributed by atoms with Crippen molar-refractivity contribution in [3.05, 3.63) is 87.6 Å². The Kier molecular flexibility index (Phi) is 4.52. The molecule has 3 aromatic rings. The number of hydrogen-bond donors (Lipinski definition) is 0. The molecule has 27 heavy (non-hydrogen) atoms. The number of ether oxygens (including phenoxy) is 1. The Hall–Kier alpha value is -2.59. The quantitative estimate of drug-likeness (QED) is 0.421. The van der Waals surface area contributed by atoms with Crippen LogP contribution in [0.3, 0.4) is 0 Å². The normalized spacial score (nSPS) is 21.1. The number of carbonyl (C=O) groups excluding carboxylic acids is 1. The van der Waals surface area contributed by atoms with Crippen LogP contribution in [0, 0.1) is 6.92 Å². The van der Waals surface area contributed by atoms with Crippen LogP contribution in [-0.2, 0) is 10.3 Å². The van der Waals surface area contributed by atoms with Crippen molar-refractivity contribution >= 4 is 23.0 Å². The molecule has 0 saturated carbocycles. The fourth-order valence-electron chi connectivity index (χ4n) is 3.91. The Balaban J connectivity index is 1.77. The zero-order chi connectivity index (χ0) is 19.0. The molecule has 138 valence electrons. The van der Waals surface area contributed by atoms with Crippen LogP contribution in [0.15, 0.2) is 66.7 Å². The zero-order valence-corrected chi connectivity index (χ0v) is 16.6. The third-order valence-electron chi connectivity index (χ3n) is 5.30. The topological polar surface area (TPSA) is 29.3 Å². The summed E-state index contributed by atoms with van der Waals surface area (Å²) < 4.78 is 5.20. The van der Waals surface area contributed by atoms with Crippen molar-refractivity contribution < 1.29 is 9.53 Å². The van der Waals surface area contributed by atoms with Gasteiger partial charge in [0.2, 0.25) is 0 Å². The number of para-hydroxylation sites is 1. The average molecular weight is 378 g/mol. The van der Waals surface area contributed by atoms with Crippen LogP contribution in [0.4, 0.5) is 5.69 Å². The third-order valence-corrected chi connectivity index (χ3v) is 6.57. The summed E-state index contributed by atoms with van der Waals surface area (Å²) in [6.45, 7) is 6.60. The molecule has 0 N–H and O–H groups in total. The highest BCUT2D eigenvalue weighted by Crippen LogP contribution is 2.63. The lowest BCUT2D eigenvalue weighted by molar-refractivity contribution is 0.0532. The van der Waals surface area contributed by atoms with Gasteiger partial charge in [-0.15, -0.1) is 11.3 Å². The van der Waals surface area contributed by atoms with Crippen LogP contribution in [0.1, 0.15) is 45.6 Å². The fourth-order valence-corrected chi connectivity index (χ4v) is 5.19. The van der Waals surface area contributed by atoms with E-state index in [2.05, 4.69) is 67.3 Å². The van der Waals surface area contributed by atoms with Crippen molar-refractivity contribution in [2.75, 3.05) is 11.5 Å². The molecule has 0 spiro atoms. The molecule has 1 fully saturated rings. The first-order valence-corrected chi connectivity index (χ1v) is 10.1. The zero-order valence-electron chi connectivity index (χ0n) is 15.8. The van der Waals surface area contributed by atoms with Gasteiger partial charge in [0.1, 0.15) is 4.88 Å². The van der Waals surface area contributed by atoms with E-state index in [9.17, 15) is 4.79 Å². The molecule has 0 amide bonds. The number of hydrogen-bond acceptors (Lipinski definition) is 4. The highest BCUT2D eigenvalue weighted by Gasteiger charge is 2.62.